The van der Waals surface area contributed by atoms with Crippen molar-refractivity contribution in [2.75, 3.05) is 11.6 Å². The molecule has 2 N–H and O–H groups in total. The lowest BCUT2D eigenvalue weighted by molar-refractivity contribution is -0.147. The second-order valence-electron chi connectivity index (χ2n) is 10.6. The molecule has 2 saturated heterocycles. The molecular formula is C30H34N6O7+. The number of rotatable bonds is 11. The van der Waals surface area contributed by atoms with Crippen molar-refractivity contribution in [1.29, 1.82) is 0 Å². The van der Waals surface area contributed by atoms with E-state index in [1.165, 1.54) is 18.7 Å². The van der Waals surface area contributed by atoms with Crippen LogP contribution in [0.1, 0.15) is 45.1 Å². The summed E-state index contributed by atoms with van der Waals surface area (Å²) in [5, 5.41) is 8.88. The molecule has 2 heterocycles. The summed E-state index contributed by atoms with van der Waals surface area (Å²) in [5.74, 6) is -3.41. The third-order valence-electron chi connectivity index (χ3n) is 7.61. The monoisotopic (exact) mass is 590 g/mol. The van der Waals surface area contributed by atoms with Gasteiger partial charge < -0.3 is 15.5 Å². The van der Waals surface area contributed by atoms with Crippen molar-refractivity contribution in [2.45, 2.75) is 70.1 Å². The average Bonchev–Trinajstić information content (AvgIpc) is 3.63. The molecule has 2 aromatic carbocycles. The normalized spacial score (nSPS) is 18.5. The minimum absolute atomic E-state index is 0.0370. The van der Waals surface area contributed by atoms with Crippen LogP contribution < -0.4 is 20.9 Å². The van der Waals surface area contributed by atoms with Gasteiger partial charge in [-0.25, -0.2) is 0 Å². The van der Waals surface area contributed by atoms with Crippen LogP contribution in [0.25, 0.3) is 0 Å². The first-order chi connectivity index (χ1) is 20.6. The van der Waals surface area contributed by atoms with Crippen LogP contribution in [0.3, 0.4) is 0 Å². The van der Waals surface area contributed by atoms with E-state index in [0.29, 0.717) is 17.9 Å². The molecule has 2 fully saturated rings. The summed E-state index contributed by atoms with van der Waals surface area (Å²) in [7, 11) is 0. The lowest BCUT2D eigenvalue weighted by Gasteiger charge is -2.29. The van der Waals surface area contributed by atoms with Gasteiger partial charge in [-0.3, -0.25) is 33.7 Å². The van der Waals surface area contributed by atoms with E-state index in [4.69, 9.17) is 0 Å². The lowest BCUT2D eigenvalue weighted by Crippen LogP contribution is -2.58. The Hall–Kier alpha value is -4.94. The van der Waals surface area contributed by atoms with Gasteiger partial charge in [-0.15, -0.1) is 0 Å². The van der Waals surface area contributed by atoms with Crippen molar-refractivity contribution in [3.63, 3.8) is 0 Å². The molecule has 13 nitrogen and oxygen atoms in total. The van der Waals surface area contributed by atoms with Crippen LogP contribution in [0, 0.1) is 4.91 Å². The first-order valence-electron chi connectivity index (χ1n) is 14.1. The number of hydrogen-bond acceptors (Lipinski definition) is 8. The molecule has 2 aliphatic heterocycles. The summed E-state index contributed by atoms with van der Waals surface area (Å²) >= 11 is 0. The maximum Gasteiger partial charge on any atom is 0.494 e. The van der Waals surface area contributed by atoms with E-state index in [1.807, 2.05) is 6.07 Å². The first-order valence-corrected chi connectivity index (χ1v) is 14.1. The number of amides is 6. The summed E-state index contributed by atoms with van der Waals surface area (Å²) in [4.78, 5) is 91.3. The minimum atomic E-state index is -1.17. The molecule has 4 atom stereocenters. The van der Waals surface area contributed by atoms with Gasteiger partial charge in [-0.2, -0.15) is 0 Å². The van der Waals surface area contributed by atoms with Gasteiger partial charge in [0.2, 0.25) is 29.5 Å². The number of para-hydroxylation sites is 1. The van der Waals surface area contributed by atoms with Crippen LogP contribution in [-0.2, 0) is 35.2 Å². The fourth-order valence-electron chi connectivity index (χ4n) is 5.34. The third kappa shape index (κ3) is 7.11. The van der Waals surface area contributed by atoms with Crippen molar-refractivity contribution in [1.82, 2.24) is 25.7 Å². The van der Waals surface area contributed by atoms with E-state index < -0.39 is 59.6 Å². The van der Waals surface area contributed by atoms with Crippen molar-refractivity contribution < 1.29 is 28.8 Å². The molecule has 1 radical (unpaired) electrons. The Morgan fingerprint density at radius 3 is 2.14 bits per heavy atom. The smallest absolute Gasteiger partial charge is 0.343 e. The molecule has 0 spiro atoms. The summed E-state index contributed by atoms with van der Waals surface area (Å²) in [5.41, 5.74) is 0.975. The average molecular weight is 591 g/mol. The number of likely N-dealkylation sites (tertiary alicyclic amines) is 2. The van der Waals surface area contributed by atoms with E-state index in [-0.39, 0.29) is 31.5 Å². The predicted octanol–water partition coefficient (Wildman–Crippen LogP) is 0.798. The van der Waals surface area contributed by atoms with Crippen LogP contribution in [0.2, 0.25) is 0 Å². The molecular weight excluding hydrogens is 556 g/mol. The highest BCUT2D eigenvalue weighted by Crippen LogP contribution is 2.21. The standard InChI is InChI=1S/C30H34N6O7/c1-19(31-27(39)20(2)35-25(37)15-16-26(35)38)29(41)34-17-9-14-24(34)28(40)32-23(18-21-10-5-3-6-11-21)30(42)36(33-43)22-12-7-4-8-13-22/h3-8,10-13,19-20,23-24H,9,14-18H2,1-2H3,(H,31,39)(H,32,40)/q+1/t19-,20-,23-,24-/m0/s1. The summed E-state index contributed by atoms with van der Waals surface area (Å²) in [6, 6.07) is 12.8. The molecule has 0 bridgehead atoms. The molecule has 43 heavy (non-hydrogen) atoms. The molecule has 0 saturated carbocycles. The van der Waals surface area contributed by atoms with Crippen LogP contribution >= 0.6 is 0 Å². The fraction of sp³-hybridized carbons (Fsp3) is 0.400. The van der Waals surface area contributed by atoms with Gasteiger partial charge in [0, 0.05) is 30.8 Å². The van der Waals surface area contributed by atoms with Gasteiger partial charge in [-0.1, -0.05) is 48.5 Å². The maximum absolute atomic E-state index is 13.6. The number of carbonyl (C=O) groups excluding carboxylic acids is 6. The SMILES string of the molecule is C[C@H](NC(=O)[C@H](C)N1C(=O)CCC1=O)C(=O)N1CCC[C@H]1C(=O)N[C@@H](Cc1ccccc1)C(=O)N([N+]=O)c1ccccc1. The number of nitroso groups, excluding NO2 is 1. The molecule has 6 amide bonds. The fourth-order valence-corrected chi connectivity index (χ4v) is 5.34. The molecule has 2 aromatic rings. The van der Waals surface area contributed by atoms with Crippen molar-refractivity contribution in [3.05, 3.63) is 71.1 Å². The number of carbonyl (C=O) groups is 6. The van der Waals surface area contributed by atoms with Crippen molar-refractivity contribution in [3.8, 4) is 0 Å². The third-order valence-corrected chi connectivity index (χ3v) is 7.61. The van der Waals surface area contributed by atoms with Gasteiger partial charge in [0.25, 0.3) is 0 Å². The van der Waals surface area contributed by atoms with E-state index in [0.717, 1.165) is 10.5 Å². The number of imide groups is 1. The number of anilines is 1. The zero-order valence-corrected chi connectivity index (χ0v) is 24.0. The van der Waals surface area contributed by atoms with Crippen LogP contribution in [-0.4, -0.2) is 76.0 Å². The van der Waals surface area contributed by atoms with E-state index in [2.05, 4.69) is 15.9 Å². The first kappa shape index (κ1) is 31.0. The Labute approximate surface area is 248 Å². The van der Waals surface area contributed by atoms with E-state index >= 15 is 0 Å². The lowest BCUT2D eigenvalue weighted by atomic mass is 10.0. The van der Waals surface area contributed by atoms with Crippen LogP contribution in [0.15, 0.2) is 60.7 Å². The molecule has 0 aliphatic carbocycles. The van der Waals surface area contributed by atoms with Gasteiger partial charge in [0.05, 0.1) is 0 Å². The molecule has 225 valence electrons. The highest BCUT2D eigenvalue weighted by Gasteiger charge is 2.42. The van der Waals surface area contributed by atoms with Gasteiger partial charge in [0.15, 0.2) is 0 Å². The molecule has 4 rings (SSSR count). The number of benzene rings is 2. The van der Waals surface area contributed by atoms with Gasteiger partial charge in [-0.05, 0) is 44.4 Å². The van der Waals surface area contributed by atoms with E-state index in [9.17, 15) is 33.7 Å². The van der Waals surface area contributed by atoms with E-state index in [1.54, 1.807) is 54.6 Å². The van der Waals surface area contributed by atoms with Crippen LogP contribution in [0.5, 0.6) is 0 Å². The second-order valence-corrected chi connectivity index (χ2v) is 10.6. The largest absolute Gasteiger partial charge is 0.494 e. The zero-order chi connectivity index (χ0) is 31.1. The summed E-state index contributed by atoms with van der Waals surface area (Å²) in [6.07, 6.45) is 0.987. The van der Waals surface area contributed by atoms with Crippen molar-refractivity contribution >= 4 is 41.1 Å². The highest BCUT2D eigenvalue weighted by molar-refractivity contribution is 6.06. The Kier molecular flexibility index (Phi) is 9.96. The Morgan fingerprint density at radius 2 is 1.53 bits per heavy atom. The topological polar surface area (TPSA) is 167 Å². The summed E-state index contributed by atoms with van der Waals surface area (Å²) in [6.45, 7) is 3.12. The number of nitrogens with one attached hydrogen (secondary N) is 2. The molecule has 0 unspecified atom stereocenters. The van der Waals surface area contributed by atoms with Gasteiger partial charge in [0.1, 0.15) is 34.8 Å². The predicted molar refractivity (Wildman–Crippen MR) is 154 cm³/mol. The highest BCUT2D eigenvalue weighted by atomic mass is 16.3. The van der Waals surface area contributed by atoms with Crippen LogP contribution in [0.4, 0.5) is 5.69 Å². The Bertz CT molecular complexity index is 1370. The molecule has 13 heteroatoms. The summed E-state index contributed by atoms with van der Waals surface area (Å²) < 4.78 is 0. The number of hydrogen-bond donors (Lipinski definition) is 2. The number of nitrogens with zero attached hydrogens (tertiary/aromatic N) is 4. The maximum atomic E-state index is 13.6. The van der Waals surface area contributed by atoms with Gasteiger partial charge >= 0.3 is 11.2 Å². The molecule has 0 aromatic heterocycles. The molecule has 2 aliphatic rings. The zero-order valence-electron chi connectivity index (χ0n) is 24.0. The Balaban J connectivity index is 1.46. The second kappa shape index (κ2) is 13.8. The van der Waals surface area contributed by atoms with Crippen molar-refractivity contribution in [2.24, 2.45) is 0 Å². The minimum Gasteiger partial charge on any atom is -0.343 e. The Morgan fingerprint density at radius 1 is 0.930 bits per heavy atom. The quantitative estimate of drug-likeness (QED) is 0.288.